The summed E-state index contributed by atoms with van der Waals surface area (Å²) in [4.78, 5) is 47.6. The first-order valence-electron chi connectivity index (χ1n) is 13.8. The summed E-state index contributed by atoms with van der Waals surface area (Å²) < 4.78 is 3.37. The quantitative estimate of drug-likeness (QED) is 0.206. The predicted molar refractivity (Wildman–Crippen MR) is 169 cm³/mol. The van der Waals surface area contributed by atoms with Crippen LogP contribution in [0, 0.1) is 0 Å². The molecule has 0 amide bonds. The first-order chi connectivity index (χ1) is 21.0. The summed E-state index contributed by atoms with van der Waals surface area (Å²) in [6, 6.07) is 17.1. The molecule has 4 aromatic rings. The number of nitrogens with zero attached hydrogens (tertiary/aromatic N) is 2. The number of carboxylic acid groups (broad SMARTS) is 2. The fourth-order valence-corrected chi connectivity index (χ4v) is 6.29. The maximum absolute atomic E-state index is 12.7. The molecule has 224 valence electrons. The molecule has 0 bridgehead atoms. The molecule has 0 fully saturated rings. The molecule has 11 heteroatoms. The van der Waals surface area contributed by atoms with Crippen molar-refractivity contribution in [3.63, 3.8) is 0 Å². The smallest absolute Gasteiger partial charge is 0.549 e. The fourth-order valence-electron chi connectivity index (χ4n) is 5.69. The van der Waals surface area contributed by atoms with Crippen LogP contribution in [0.2, 0.25) is 10.0 Å². The molecule has 0 saturated carbocycles. The third-order valence-electron chi connectivity index (χ3n) is 7.98. The van der Waals surface area contributed by atoms with Gasteiger partial charge in [-0.05, 0) is 36.1 Å². The molecule has 0 radical (unpaired) electrons. The van der Waals surface area contributed by atoms with E-state index in [-0.39, 0.29) is 59.3 Å². The van der Waals surface area contributed by atoms with Gasteiger partial charge in [0, 0.05) is 47.4 Å². The molecule has 4 heterocycles. The van der Waals surface area contributed by atoms with E-state index in [1.54, 1.807) is 81.9 Å². The number of carboxylic acids is 2. The fraction of sp³-hybridized carbons (Fsp3) is 0.176. The summed E-state index contributed by atoms with van der Waals surface area (Å²) in [6.45, 7) is 8.24. The van der Waals surface area contributed by atoms with Gasteiger partial charge in [-0.2, -0.15) is 0 Å². The first kappa shape index (κ1) is 34.5. The van der Waals surface area contributed by atoms with E-state index in [0.717, 1.165) is 11.1 Å². The summed E-state index contributed by atoms with van der Waals surface area (Å²) in [5.74, 6) is -4.12. The Balaban J connectivity index is 0.000000200. The van der Waals surface area contributed by atoms with Gasteiger partial charge in [0.05, 0.1) is 22.0 Å². The van der Waals surface area contributed by atoms with E-state index in [2.05, 4.69) is 13.2 Å². The van der Waals surface area contributed by atoms with Crippen LogP contribution in [-0.4, -0.2) is 70.4 Å². The zero-order valence-corrected chi connectivity index (χ0v) is 27.9. The van der Waals surface area contributed by atoms with Crippen LogP contribution in [0.1, 0.15) is 79.3 Å². The summed E-state index contributed by atoms with van der Waals surface area (Å²) in [7, 11) is 0. The van der Waals surface area contributed by atoms with Crippen LogP contribution in [0.4, 0.5) is 0 Å². The number of halogens is 2. The number of carbonyl (C=O) groups is 4. The number of carbonyl (C=O) groups excluding carboxylic acids is 4. The third-order valence-corrected chi connectivity index (χ3v) is 8.55. The van der Waals surface area contributed by atoms with Crippen molar-refractivity contribution < 1.29 is 29.4 Å². The Morgan fingerprint density at radius 3 is 1.29 bits per heavy atom. The van der Waals surface area contributed by atoms with Crippen molar-refractivity contribution in [2.24, 2.45) is 0 Å². The zero-order chi connectivity index (χ0) is 31.7. The van der Waals surface area contributed by atoms with Crippen LogP contribution in [0.15, 0.2) is 73.8 Å². The molecule has 2 atom stereocenters. The van der Waals surface area contributed by atoms with Crippen LogP contribution in [0.5, 0.6) is 0 Å². The summed E-state index contributed by atoms with van der Waals surface area (Å²) >= 11 is 12.3. The summed E-state index contributed by atoms with van der Waals surface area (Å²) in [5.41, 5.74) is 4.60. The zero-order valence-electron chi connectivity index (χ0n) is 24.1. The van der Waals surface area contributed by atoms with Crippen LogP contribution in [-0.2, 0) is 22.7 Å². The number of fused-ring (bicyclic) bond motifs is 2. The van der Waals surface area contributed by atoms with E-state index in [1.807, 2.05) is 0 Å². The molecule has 2 aromatic heterocycles. The second kappa shape index (κ2) is 14.4. The average molecular weight is 670 g/mol. The Morgan fingerprint density at radius 1 is 0.667 bits per heavy atom. The average Bonchev–Trinajstić information content (AvgIpc) is 3.76. The van der Waals surface area contributed by atoms with Gasteiger partial charge in [-0.1, -0.05) is 97.0 Å². The van der Waals surface area contributed by atoms with E-state index in [4.69, 9.17) is 23.2 Å². The minimum atomic E-state index is -1.14. The van der Waals surface area contributed by atoms with E-state index in [1.165, 1.54) is 0 Å². The first-order valence-corrected chi connectivity index (χ1v) is 14.5. The van der Waals surface area contributed by atoms with Crippen molar-refractivity contribution in [1.29, 1.82) is 0 Å². The number of ketones is 2. The molecule has 45 heavy (non-hydrogen) atoms. The van der Waals surface area contributed by atoms with E-state index >= 15 is 0 Å². The van der Waals surface area contributed by atoms with Gasteiger partial charge < -0.3 is 28.9 Å². The van der Waals surface area contributed by atoms with E-state index in [9.17, 15) is 29.4 Å². The molecule has 2 aliphatic rings. The topological polar surface area (TPSA) is 124 Å². The molecular weight excluding hydrogens is 643 g/mol. The molecular formula is C34H26CaCl2N2O6. The van der Waals surface area contributed by atoms with Crippen molar-refractivity contribution in [3.05, 3.63) is 129 Å². The van der Waals surface area contributed by atoms with Crippen LogP contribution >= 0.6 is 23.2 Å². The van der Waals surface area contributed by atoms with Gasteiger partial charge in [-0.3, -0.25) is 9.59 Å². The van der Waals surface area contributed by atoms with Crippen LogP contribution < -0.4 is 10.2 Å². The molecule has 2 unspecified atom stereocenters. The second-order valence-corrected chi connectivity index (χ2v) is 11.3. The number of benzene rings is 2. The van der Waals surface area contributed by atoms with Gasteiger partial charge in [-0.15, -0.1) is 0 Å². The van der Waals surface area contributed by atoms with Crippen LogP contribution in [0.25, 0.3) is 12.2 Å². The second-order valence-electron chi connectivity index (χ2n) is 10.5. The van der Waals surface area contributed by atoms with Crippen molar-refractivity contribution >= 4 is 96.6 Å². The number of hydrogen-bond donors (Lipinski definition) is 0. The molecule has 2 aromatic carbocycles. The van der Waals surface area contributed by atoms with Crippen molar-refractivity contribution in [1.82, 2.24) is 9.13 Å². The SMILES string of the molecule is C=Cc1ccc(C(=O)c2c(Cl)cc3n2CCC3C(=O)[O-])cc1.C=Cc1ccc(C(=O)c2c(Cl)cc3n2CCC3C(=O)[O-])cc1.[Ca+2]. The Morgan fingerprint density at radius 2 is 1.00 bits per heavy atom. The molecule has 0 aliphatic carbocycles. The Hall–Kier alpha value is -3.40. The number of rotatable bonds is 8. The monoisotopic (exact) mass is 668 g/mol. The largest absolute Gasteiger partial charge is 2.00 e. The van der Waals surface area contributed by atoms with Gasteiger partial charge in [-0.25, -0.2) is 0 Å². The molecule has 0 spiro atoms. The summed E-state index contributed by atoms with van der Waals surface area (Å²) in [6.07, 6.45) is 4.23. The maximum atomic E-state index is 12.7. The number of hydrogen-bond acceptors (Lipinski definition) is 6. The maximum Gasteiger partial charge on any atom is 2.00 e. The minimum absolute atomic E-state index is 0. The number of aliphatic carboxylic acids is 2. The standard InChI is InChI=1S/2C17H14ClNO3.Ca/c2*1-2-10-3-5-11(6-4-10)16(20)15-13(18)9-14-12(17(21)22)7-8-19(14)15;/h2*2-6,9,12H,1,7-8H2,(H,21,22);/q;;+2/p-2. The number of aromatic nitrogens is 2. The Labute approximate surface area is 299 Å². The van der Waals surface area contributed by atoms with Crippen molar-refractivity contribution in [2.45, 2.75) is 37.8 Å². The van der Waals surface area contributed by atoms with Gasteiger partial charge >= 0.3 is 37.7 Å². The normalized spacial score (nSPS) is 16.0. The molecule has 6 rings (SSSR count). The van der Waals surface area contributed by atoms with Gasteiger partial charge in [0.15, 0.2) is 0 Å². The minimum Gasteiger partial charge on any atom is -0.549 e. The molecule has 0 N–H and O–H groups in total. The van der Waals surface area contributed by atoms with Crippen molar-refractivity contribution in [3.8, 4) is 0 Å². The molecule has 0 saturated heterocycles. The van der Waals surface area contributed by atoms with Gasteiger partial charge in [0.2, 0.25) is 11.6 Å². The third kappa shape index (κ3) is 6.76. The predicted octanol–water partition coefficient (Wildman–Crippen LogP) is 4.12. The Bertz CT molecular complexity index is 1690. The van der Waals surface area contributed by atoms with E-state index < -0.39 is 23.8 Å². The van der Waals surface area contributed by atoms with E-state index in [0.29, 0.717) is 59.8 Å². The van der Waals surface area contributed by atoms with Gasteiger partial charge in [0.1, 0.15) is 11.4 Å². The molecule has 8 nitrogen and oxygen atoms in total. The Kier molecular flexibility index (Phi) is 11.0. The van der Waals surface area contributed by atoms with Crippen molar-refractivity contribution in [2.75, 3.05) is 0 Å². The molecule has 2 aliphatic heterocycles. The summed E-state index contributed by atoms with van der Waals surface area (Å²) in [5, 5.41) is 22.8. The van der Waals surface area contributed by atoms with Gasteiger partial charge in [0.25, 0.3) is 0 Å². The van der Waals surface area contributed by atoms with Crippen LogP contribution in [0.3, 0.4) is 0 Å².